The molecule has 4 heteroatoms. The van der Waals surface area contributed by atoms with Gasteiger partial charge in [-0.25, -0.2) is 4.98 Å². The van der Waals surface area contributed by atoms with Crippen molar-refractivity contribution < 1.29 is 4.74 Å². The first-order valence-electron chi connectivity index (χ1n) is 5.57. The van der Waals surface area contributed by atoms with Crippen molar-refractivity contribution in [2.45, 2.75) is 13.3 Å². The van der Waals surface area contributed by atoms with Crippen molar-refractivity contribution >= 4 is 16.5 Å². The summed E-state index contributed by atoms with van der Waals surface area (Å²) in [5.74, 6) is 0.900. The molecule has 1 aromatic carbocycles. The van der Waals surface area contributed by atoms with E-state index in [0.717, 1.165) is 29.5 Å². The van der Waals surface area contributed by atoms with Gasteiger partial charge in [0.25, 0.3) is 0 Å². The van der Waals surface area contributed by atoms with E-state index in [-0.39, 0.29) is 0 Å². The van der Waals surface area contributed by atoms with Crippen molar-refractivity contribution in [3.63, 3.8) is 0 Å². The first-order chi connectivity index (χ1) is 8.28. The number of hydrogen-bond acceptors (Lipinski definition) is 4. The SMILES string of the molecule is COc1ccc(CCNc2nc(C)cs2)cc1. The average Bonchev–Trinajstić information content (AvgIpc) is 2.76. The molecule has 0 aliphatic heterocycles. The van der Waals surface area contributed by atoms with E-state index in [1.54, 1.807) is 18.4 Å². The third-order valence-corrected chi connectivity index (χ3v) is 3.39. The number of aromatic nitrogens is 1. The maximum Gasteiger partial charge on any atom is 0.182 e. The maximum absolute atomic E-state index is 5.12. The summed E-state index contributed by atoms with van der Waals surface area (Å²) in [6.07, 6.45) is 0.989. The minimum Gasteiger partial charge on any atom is -0.497 e. The van der Waals surface area contributed by atoms with Gasteiger partial charge < -0.3 is 10.1 Å². The zero-order valence-electron chi connectivity index (χ0n) is 10.1. The highest BCUT2D eigenvalue weighted by atomic mass is 32.1. The Kier molecular flexibility index (Phi) is 3.98. The second kappa shape index (κ2) is 5.68. The number of thiazole rings is 1. The molecular weight excluding hydrogens is 232 g/mol. The summed E-state index contributed by atoms with van der Waals surface area (Å²) in [6.45, 7) is 2.91. The van der Waals surface area contributed by atoms with Crippen LogP contribution in [-0.4, -0.2) is 18.6 Å². The summed E-state index contributed by atoms with van der Waals surface area (Å²) in [5.41, 5.74) is 2.37. The number of nitrogens with zero attached hydrogens (tertiary/aromatic N) is 1. The first-order valence-corrected chi connectivity index (χ1v) is 6.45. The standard InChI is InChI=1S/C13H16N2OS/c1-10-9-17-13(15-10)14-8-7-11-3-5-12(16-2)6-4-11/h3-6,9H,7-8H2,1-2H3,(H,14,15). The summed E-state index contributed by atoms with van der Waals surface area (Å²) < 4.78 is 5.12. The predicted molar refractivity (Wildman–Crippen MR) is 72.0 cm³/mol. The Balaban J connectivity index is 1.81. The van der Waals surface area contributed by atoms with Crippen molar-refractivity contribution in [2.24, 2.45) is 0 Å². The molecule has 2 aromatic rings. The molecule has 1 heterocycles. The molecule has 90 valence electrons. The number of ether oxygens (including phenoxy) is 1. The molecule has 1 N–H and O–H groups in total. The molecular formula is C13H16N2OS. The van der Waals surface area contributed by atoms with Crippen molar-refractivity contribution in [1.82, 2.24) is 4.98 Å². The van der Waals surface area contributed by atoms with Crippen LogP contribution in [0.4, 0.5) is 5.13 Å². The minimum absolute atomic E-state index is 0.900. The molecule has 0 bridgehead atoms. The highest BCUT2D eigenvalue weighted by molar-refractivity contribution is 7.13. The van der Waals surface area contributed by atoms with Crippen LogP contribution in [0.2, 0.25) is 0 Å². The molecule has 0 saturated heterocycles. The summed E-state index contributed by atoms with van der Waals surface area (Å²) in [7, 11) is 1.68. The molecule has 0 radical (unpaired) electrons. The van der Waals surface area contributed by atoms with Gasteiger partial charge in [-0.1, -0.05) is 12.1 Å². The molecule has 0 saturated carbocycles. The van der Waals surface area contributed by atoms with Gasteiger partial charge in [0.15, 0.2) is 5.13 Å². The number of nitrogens with one attached hydrogen (secondary N) is 1. The number of hydrogen-bond donors (Lipinski definition) is 1. The third kappa shape index (κ3) is 3.46. The molecule has 1 aromatic heterocycles. The smallest absolute Gasteiger partial charge is 0.182 e. The van der Waals surface area contributed by atoms with Gasteiger partial charge in [-0.15, -0.1) is 11.3 Å². The molecule has 0 spiro atoms. The van der Waals surface area contributed by atoms with Gasteiger partial charge in [0.05, 0.1) is 12.8 Å². The Morgan fingerprint density at radius 3 is 2.65 bits per heavy atom. The number of methoxy groups -OCH3 is 1. The second-order valence-corrected chi connectivity index (χ2v) is 4.68. The van der Waals surface area contributed by atoms with E-state index in [2.05, 4.69) is 27.8 Å². The lowest BCUT2D eigenvalue weighted by Gasteiger charge is -2.04. The van der Waals surface area contributed by atoms with E-state index >= 15 is 0 Å². The van der Waals surface area contributed by atoms with Crippen molar-refractivity contribution in [2.75, 3.05) is 19.0 Å². The topological polar surface area (TPSA) is 34.1 Å². The number of aryl methyl sites for hydroxylation is 1. The third-order valence-electron chi connectivity index (χ3n) is 2.47. The Hall–Kier alpha value is -1.55. The quantitative estimate of drug-likeness (QED) is 0.882. The molecule has 3 nitrogen and oxygen atoms in total. The average molecular weight is 248 g/mol. The van der Waals surface area contributed by atoms with Gasteiger partial charge in [0.1, 0.15) is 5.75 Å². The van der Waals surface area contributed by atoms with Crippen LogP contribution in [0.15, 0.2) is 29.6 Å². The lowest BCUT2D eigenvalue weighted by atomic mass is 10.1. The lowest BCUT2D eigenvalue weighted by Crippen LogP contribution is -2.04. The van der Waals surface area contributed by atoms with Crippen LogP contribution < -0.4 is 10.1 Å². The molecule has 0 amide bonds. The van der Waals surface area contributed by atoms with Crippen LogP contribution in [0.5, 0.6) is 5.75 Å². The Labute approximate surface area is 105 Å². The molecule has 0 aliphatic carbocycles. The minimum atomic E-state index is 0.900. The van der Waals surface area contributed by atoms with E-state index in [1.165, 1.54) is 5.56 Å². The fourth-order valence-corrected chi connectivity index (χ4v) is 2.26. The van der Waals surface area contributed by atoms with Crippen LogP contribution in [-0.2, 0) is 6.42 Å². The fraction of sp³-hybridized carbons (Fsp3) is 0.308. The van der Waals surface area contributed by atoms with Gasteiger partial charge in [-0.05, 0) is 31.0 Å². The Bertz CT molecular complexity index is 465. The van der Waals surface area contributed by atoms with E-state index in [4.69, 9.17) is 4.74 Å². The lowest BCUT2D eigenvalue weighted by molar-refractivity contribution is 0.414. The zero-order chi connectivity index (χ0) is 12.1. The van der Waals surface area contributed by atoms with Crippen molar-refractivity contribution in [3.05, 3.63) is 40.9 Å². The number of anilines is 1. The van der Waals surface area contributed by atoms with Crippen LogP contribution in [0.3, 0.4) is 0 Å². The van der Waals surface area contributed by atoms with Gasteiger partial charge in [0.2, 0.25) is 0 Å². The summed E-state index contributed by atoms with van der Waals surface area (Å²) in [4.78, 5) is 4.36. The van der Waals surface area contributed by atoms with Gasteiger partial charge in [0, 0.05) is 11.9 Å². The van der Waals surface area contributed by atoms with E-state index in [1.807, 2.05) is 19.1 Å². The van der Waals surface area contributed by atoms with Gasteiger partial charge in [-0.3, -0.25) is 0 Å². The van der Waals surface area contributed by atoms with E-state index in [9.17, 15) is 0 Å². The van der Waals surface area contributed by atoms with Crippen LogP contribution in [0, 0.1) is 6.92 Å². The van der Waals surface area contributed by atoms with Crippen LogP contribution in [0.1, 0.15) is 11.3 Å². The van der Waals surface area contributed by atoms with Gasteiger partial charge in [-0.2, -0.15) is 0 Å². The van der Waals surface area contributed by atoms with Crippen molar-refractivity contribution in [3.8, 4) is 5.75 Å². The monoisotopic (exact) mass is 248 g/mol. The van der Waals surface area contributed by atoms with Gasteiger partial charge >= 0.3 is 0 Å². The highest BCUT2D eigenvalue weighted by Gasteiger charge is 1.98. The van der Waals surface area contributed by atoms with E-state index < -0.39 is 0 Å². The predicted octanol–water partition coefficient (Wildman–Crippen LogP) is 3.11. The van der Waals surface area contributed by atoms with Crippen LogP contribution >= 0.6 is 11.3 Å². The fourth-order valence-electron chi connectivity index (χ4n) is 1.54. The maximum atomic E-state index is 5.12. The number of rotatable bonds is 5. The molecule has 0 unspecified atom stereocenters. The van der Waals surface area contributed by atoms with E-state index in [0.29, 0.717) is 0 Å². The molecule has 0 aliphatic rings. The highest BCUT2D eigenvalue weighted by Crippen LogP contribution is 2.15. The van der Waals surface area contributed by atoms with Crippen molar-refractivity contribution in [1.29, 1.82) is 0 Å². The molecule has 2 rings (SSSR count). The molecule has 0 atom stereocenters. The molecule has 17 heavy (non-hydrogen) atoms. The second-order valence-electron chi connectivity index (χ2n) is 3.82. The zero-order valence-corrected chi connectivity index (χ0v) is 10.9. The first kappa shape index (κ1) is 11.9. The summed E-state index contributed by atoms with van der Waals surface area (Å²) >= 11 is 1.65. The molecule has 0 fully saturated rings. The largest absolute Gasteiger partial charge is 0.497 e. The summed E-state index contributed by atoms with van der Waals surface area (Å²) in [5, 5.41) is 6.37. The number of benzene rings is 1. The normalized spacial score (nSPS) is 10.2. The Morgan fingerprint density at radius 2 is 2.06 bits per heavy atom. The van der Waals surface area contributed by atoms with Crippen LogP contribution in [0.25, 0.3) is 0 Å². The Morgan fingerprint density at radius 1 is 1.29 bits per heavy atom. The summed E-state index contributed by atoms with van der Waals surface area (Å²) in [6, 6.07) is 8.16.